The number of benzene rings is 1. The summed E-state index contributed by atoms with van der Waals surface area (Å²) in [6.07, 6.45) is 4.22. The summed E-state index contributed by atoms with van der Waals surface area (Å²) in [5.41, 5.74) is 1.14. The van der Waals surface area contributed by atoms with Gasteiger partial charge in [0, 0.05) is 31.1 Å². The van der Waals surface area contributed by atoms with Crippen molar-refractivity contribution in [3.63, 3.8) is 0 Å². The minimum Gasteiger partial charge on any atom is -0.396 e. The third kappa shape index (κ3) is 8.40. The Morgan fingerprint density at radius 3 is 2.57 bits per heavy atom. The second-order valence-electron chi connectivity index (χ2n) is 8.98. The maximum absolute atomic E-state index is 12.4. The van der Waals surface area contributed by atoms with Crippen molar-refractivity contribution < 1.29 is 19.8 Å². The van der Waals surface area contributed by atoms with Crippen molar-refractivity contribution in [2.75, 3.05) is 24.7 Å². The number of hydrogen-bond donors (Lipinski definition) is 3. The number of carbonyl (C=O) groups is 2. The Kier molecular flexibility index (Phi) is 10.4. The maximum atomic E-state index is 12.4. The number of aliphatic hydroxyl groups is 2. The first-order valence-electron chi connectivity index (χ1n) is 11.0. The van der Waals surface area contributed by atoms with Crippen molar-refractivity contribution in [3.05, 3.63) is 35.9 Å². The molecule has 0 bridgehead atoms. The number of thioether (sulfide) groups is 1. The van der Waals surface area contributed by atoms with E-state index < -0.39 is 0 Å². The summed E-state index contributed by atoms with van der Waals surface area (Å²) in [4.78, 5) is 24.5. The molecule has 1 aliphatic rings. The van der Waals surface area contributed by atoms with Crippen LogP contribution in [0, 0.1) is 17.3 Å². The fraction of sp³-hybridized carbons (Fsp3) is 0.667. The van der Waals surface area contributed by atoms with Gasteiger partial charge in [0.1, 0.15) is 5.78 Å². The summed E-state index contributed by atoms with van der Waals surface area (Å²) < 4.78 is 0. The molecule has 1 amide bonds. The maximum Gasteiger partial charge on any atom is 0.221 e. The molecule has 6 heteroatoms. The van der Waals surface area contributed by atoms with E-state index in [4.69, 9.17) is 5.11 Å². The lowest BCUT2D eigenvalue weighted by molar-refractivity contribution is -0.122. The molecule has 3 unspecified atom stereocenters. The molecule has 3 atom stereocenters. The van der Waals surface area contributed by atoms with Gasteiger partial charge in [-0.25, -0.2) is 0 Å². The van der Waals surface area contributed by atoms with Crippen LogP contribution in [0.1, 0.15) is 51.5 Å². The third-order valence-corrected chi connectivity index (χ3v) is 7.13. The molecule has 1 saturated carbocycles. The van der Waals surface area contributed by atoms with Crippen molar-refractivity contribution in [1.29, 1.82) is 0 Å². The van der Waals surface area contributed by atoms with Crippen LogP contribution in [-0.4, -0.2) is 52.7 Å². The molecule has 5 nitrogen and oxygen atoms in total. The van der Waals surface area contributed by atoms with Gasteiger partial charge in [0.2, 0.25) is 5.91 Å². The first-order valence-corrected chi connectivity index (χ1v) is 12.2. The second kappa shape index (κ2) is 12.5. The predicted octanol–water partition coefficient (Wildman–Crippen LogP) is 3.22. The van der Waals surface area contributed by atoms with Gasteiger partial charge in [0.15, 0.2) is 0 Å². The van der Waals surface area contributed by atoms with E-state index in [1.54, 1.807) is 11.8 Å². The van der Waals surface area contributed by atoms with Crippen LogP contribution in [-0.2, 0) is 16.0 Å². The van der Waals surface area contributed by atoms with E-state index in [0.29, 0.717) is 31.0 Å². The van der Waals surface area contributed by atoms with Gasteiger partial charge in [0.05, 0.1) is 12.6 Å². The molecule has 1 fully saturated rings. The van der Waals surface area contributed by atoms with Gasteiger partial charge in [-0.05, 0) is 48.3 Å². The van der Waals surface area contributed by atoms with Crippen molar-refractivity contribution in [2.45, 2.75) is 58.4 Å². The smallest absolute Gasteiger partial charge is 0.221 e. The van der Waals surface area contributed by atoms with Crippen molar-refractivity contribution in [2.24, 2.45) is 17.3 Å². The van der Waals surface area contributed by atoms with Crippen LogP contribution in [0.25, 0.3) is 0 Å². The molecular formula is C24H37NO4S. The molecule has 0 aliphatic heterocycles. The Hall–Kier alpha value is -1.37. The molecule has 0 aromatic heterocycles. The second-order valence-corrected chi connectivity index (χ2v) is 10.2. The largest absolute Gasteiger partial charge is 0.396 e. The molecule has 0 saturated heterocycles. The Labute approximate surface area is 185 Å². The van der Waals surface area contributed by atoms with Gasteiger partial charge in [-0.2, -0.15) is 11.8 Å². The number of rotatable bonds is 15. The molecule has 1 aliphatic carbocycles. The Bertz CT molecular complexity index is 664. The average molecular weight is 436 g/mol. The number of Topliss-reactive ketones (excluding diaryl/α,β-unsaturated/α-hetero) is 1. The zero-order valence-electron chi connectivity index (χ0n) is 18.3. The Balaban J connectivity index is 1.54. The zero-order valence-corrected chi connectivity index (χ0v) is 19.1. The lowest BCUT2D eigenvalue weighted by atomic mass is 9.82. The molecule has 0 radical (unpaired) electrons. The summed E-state index contributed by atoms with van der Waals surface area (Å²) in [5, 5.41) is 21.6. The normalized spacial score (nSPS) is 19.3. The highest BCUT2D eigenvalue weighted by molar-refractivity contribution is 7.99. The van der Waals surface area contributed by atoms with Crippen LogP contribution in [0.3, 0.4) is 0 Å². The van der Waals surface area contributed by atoms with Crippen LogP contribution in [0.4, 0.5) is 0 Å². The molecule has 30 heavy (non-hydrogen) atoms. The van der Waals surface area contributed by atoms with E-state index in [1.165, 1.54) is 0 Å². The third-order valence-electron chi connectivity index (χ3n) is 6.06. The lowest BCUT2D eigenvalue weighted by Gasteiger charge is -2.23. The minimum atomic E-state index is -0.260. The van der Waals surface area contributed by atoms with Gasteiger partial charge >= 0.3 is 0 Å². The topological polar surface area (TPSA) is 86.6 Å². The van der Waals surface area contributed by atoms with Crippen molar-refractivity contribution in [3.8, 4) is 0 Å². The van der Waals surface area contributed by atoms with Crippen molar-refractivity contribution >= 4 is 23.5 Å². The van der Waals surface area contributed by atoms with Gasteiger partial charge in [-0.15, -0.1) is 0 Å². The Morgan fingerprint density at radius 1 is 1.17 bits per heavy atom. The van der Waals surface area contributed by atoms with Crippen LogP contribution < -0.4 is 5.32 Å². The molecule has 2 rings (SSSR count). The fourth-order valence-corrected chi connectivity index (χ4v) is 4.93. The number of carbonyl (C=O) groups excluding carboxylic acids is 2. The number of nitrogens with one attached hydrogen (secondary N) is 1. The average Bonchev–Trinajstić information content (AvgIpc) is 3.52. The lowest BCUT2D eigenvalue weighted by Crippen LogP contribution is -2.39. The van der Waals surface area contributed by atoms with Crippen molar-refractivity contribution in [1.82, 2.24) is 5.32 Å². The van der Waals surface area contributed by atoms with E-state index in [2.05, 4.69) is 19.2 Å². The van der Waals surface area contributed by atoms with Gasteiger partial charge < -0.3 is 15.5 Å². The Morgan fingerprint density at radius 2 is 1.90 bits per heavy atom. The van der Waals surface area contributed by atoms with Crippen LogP contribution in [0.15, 0.2) is 30.3 Å². The first kappa shape index (κ1) is 24.9. The van der Waals surface area contributed by atoms with E-state index >= 15 is 0 Å². The number of amides is 1. The summed E-state index contributed by atoms with van der Waals surface area (Å²) in [7, 11) is 0. The van der Waals surface area contributed by atoms with E-state index in [0.717, 1.165) is 36.3 Å². The number of aliphatic hydroxyl groups excluding tert-OH is 2. The SMILES string of the molecule is CC(C)(CCO)C1CC1C(=O)CCCSCCC(=O)NC(CO)Cc1ccccc1. The van der Waals surface area contributed by atoms with Crippen LogP contribution in [0.2, 0.25) is 0 Å². The molecule has 1 aromatic rings. The molecule has 168 valence electrons. The van der Waals surface area contributed by atoms with Gasteiger partial charge in [-0.3, -0.25) is 9.59 Å². The predicted molar refractivity (Wildman–Crippen MR) is 122 cm³/mol. The summed E-state index contributed by atoms with van der Waals surface area (Å²) in [5.74, 6) is 2.52. The molecule has 0 heterocycles. The number of ketones is 1. The van der Waals surface area contributed by atoms with Crippen LogP contribution in [0.5, 0.6) is 0 Å². The van der Waals surface area contributed by atoms with E-state index in [-0.39, 0.29) is 36.5 Å². The quantitative estimate of drug-likeness (QED) is 0.368. The fourth-order valence-electron chi connectivity index (χ4n) is 4.05. The molecule has 1 aromatic carbocycles. The highest BCUT2D eigenvalue weighted by atomic mass is 32.2. The highest BCUT2D eigenvalue weighted by Gasteiger charge is 2.50. The van der Waals surface area contributed by atoms with Gasteiger partial charge in [0.25, 0.3) is 0 Å². The summed E-state index contributed by atoms with van der Waals surface area (Å²) >= 11 is 1.70. The first-order chi connectivity index (χ1) is 14.4. The monoisotopic (exact) mass is 435 g/mol. The van der Waals surface area contributed by atoms with E-state index in [1.807, 2.05) is 30.3 Å². The highest BCUT2D eigenvalue weighted by Crippen LogP contribution is 2.53. The minimum absolute atomic E-state index is 0.0412. The number of hydrogen-bond acceptors (Lipinski definition) is 5. The van der Waals surface area contributed by atoms with Crippen LogP contribution >= 0.6 is 11.8 Å². The molecule has 3 N–H and O–H groups in total. The van der Waals surface area contributed by atoms with E-state index in [9.17, 15) is 14.7 Å². The van der Waals surface area contributed by atoms with Gasteiger partial charge in [-0.1, -0.05) is 44.2 Å². The summed E-state index contributed by atoms with van der Waals surface area (Å²) in [6.45, 7) is 4.39. The molecular weight excluding hydrogens is 398 g/mol. The summed E-state index contributed by atoms with van der Waals surface area (Å²) in [6, 6.07) is 9.57. The molecule has 0 spiro atoms. The standard InChI is InChI=1S/C24H37NO4S/c1-24(2,11-12-26)21-16-20(21)22(28)9-6-13-30-14-10-23(29)25-19(17-27)15-18-7-4-3-5-8-18/h3-5,7-8,19-21,26-27H,6,9-17H2,1-2H3,(H,25,29). The zero-order chi connectivity index (χ0) is 22.0.